The summed E-state index contributed by atoms with van der Waals surface area (Å²) in [6, 6.07) is 82.2. The van der Waals surface area contributed by atoms with Crippen LogP contribution in [0.5, 0.6) is 0 Å². The molecule has 0 saturated heterocycles. The van der Waals surface area contributed by atoms with Gasteiger partial charge in [-0.1, -0.05) is 200 Å². The molecular weight excluding hydrogens is 753 g/mol. The molecule has 0 aliphatic heterocycles. The molecule has 3 heteroatoms. The predicted octanol–water partition coefficient (Wildman–Crippen LogP) is 15.1. The molecular formula is C59H38N2O. The summed E-state index contributed by atoms with van der Waals surface area (Å²) < 4.78 is 6.61. The molecule has 11 aromatic rings. The lowest BCUT2D eigenvalue weighted by Gasteiger charge is -2.33. The first-order chi connectivity index (χ1) is 30.7. The van der Waals surface area contributed by atoms with Gasteiger partial charge in [-0.2, -0.15) is 0 Å². The zero-order valence-electron chi connectivity index (χ0n) is 33.7. The summed E-state index contributed by atoms with van der Waals surface area (Å²) in [5.74, 6) is 0.672. The van der Waals surface area contributed by atoms with Gasteiger partial charge in [0.15, 0.2) is 5.82 Å². The minimum atomic E-state index is -0.529. The van der Waals surface area contributed by atoms with Gasteiger partial charge in [0.25, 0.3) is 0 Å². The van der Waals surface area contributed by atoms with Gasteiger partial charge in [0.05, 0.1) is 16.8 Å². The Morgan fingerprint density at radius 2 is 0.871 bits per heavy atom. The van der Waals surface area contributed by atoms with Crippen molar-refractivity contribution in [3.63, 3.8) is 0 Å². The van der Waals surface area contributed by atoms with Crippen LogP contribution >= 0.6 is 0 Å². The van der Waals surface area contributed by atoms with Crippen LogP contribution in [0.25, 0.3) is 89.2 Å². The summed E-state index contributed by atoms with van der Waals surface area (Å²) in [6.45, 7) is 0. The van der Waals surface area contributed by atoms with Gasteiger partial charge in [0, 0.05) is 33.0 Å². The molecule has 0 bridgehead atoms. The average Bonchev–Trinajstić information content (AvgIpc) is 3.89. The van der Waals surface area contributed by atoms with E-state index in [1.807, 2.05) is 18.2 Å². The number of fused-ring (bicyclic) bond motifs is 6. The molecule has 1 aliphatic rings. The van der Waals surface area contributed by atoms with Gasteiger partial charge in [-0.25, -0.2) is 9.97 Å². The number of furan rings is 1. The first-order valence-corrected chi connectivity index (χ1v) is 21.1. The molecule has 0 atom stereocenters. The molecule has 0 N–H and O–H groups in total. The third kappa shape index (κ3) is 5.67. The van der Waals surface area contributed by atoms with Gasteiger partial charge in [-0.15, -0.1) is 0 Å². The van der Waals surface area contributed by atoms with E-state index < -0.39 is 5.41 Å². The molecule has 12 rings (SSSR count). The van der Waals surface area contributed by atoms with Crippen molar-refractivity contribution in [2.75, 3.05) is 0 Å². The summed E-state index contributed by atoms with van der Waals surface area (Å²) in [5.41, 5.74) is 17.6. The van der Waals surface area contributed by atoms with Gasteiger partial charge >= 0.3 is 0 Å². The number of aromatic nitrogens is 2. The Labute approximate surface area is 360 Å². The minimum Gasteiger partial charge on any atom is -0.455 e. The maximum Gasteiger partial charge on any atom is 0.160 e. The van der Waals surface area contributed by atoms with Crippen molar-refractivity contribution < 1.29 is 4.42 Å². The fourth-order valence-electron chi connectivity index (χ4n) is 9.86. The highest BCUT2D eigenvalue weighted by Crippen LogP contribution is 2.58. The fourth-order valence-corrected chi connectivity index (χ4v) is 9.86. The summed E-state index contributed by atoms with van der Waals surface area (Å²) in [4.78, 5) is 10.8. The maximum atomic E-state index is 6.61. The molecule has 0 unspecified atom stereocenters. The molecule has 0 radical (unpaired) electrons. The summed E-state index contributed by atoms with van der Waals surface area (Å²) in [6.07, 6.45) is 0. The van der Waals surface area contributed by atoms with E-state index in [0.29, 0.717) is 5.82 Å². The molecule has 9 aromatic carbocycles. The molecule has 0 amide bonds. The lowest BCUT2D eigenvalue weighted by atomic mass is 9.67. The lowest BCUT2D eigenvalue weighted by Crippen LogP contribution is -2.28. The van der Waals surface area contributed by atoms with Crippen LogP contribution in [-0.4, -0.2) is 9.97 Å². The topological polar surface area (TPSA) is 38.9 Å². The van der Waals surface area contributed by atoms with Crippen molar-refractivity contribution in [2.45, 2.75) is 5.41 Å². The Bertz CT molecular complexity index is 3410. The minimum absolute atomic E-state index is 0.529. The predicted molar refractivity (Wildman–Crippen MR) is 254 cm³/mol. The van der Waals surface area contributed by atoms with Crippen LogP contribution in [0.1, 0.15) is 22.3 Å². The third-order valence-corrected chi connectivity index (χ3v) is 12.6. The molecule has 0 saturated carbocycles. The Hall–Kier alpha value is -8.14. The second-order valence-electron chi connectivity index (χ2n) is 16.0. The zero-order valence-corrected chi connectivity index (χ0v) is 33.7. The van der Waals surface area contributed by atoms with Gasteiger partial charge in [0.2, 0.25) is 0 Å². The number of hydrogen-bond donors (Lipinski definition) is 0. The number of hydrogen-bond acceptors (Lipinski definition) is 3. The highest BCUT2D eigenvalue weighted by atomic mass is 16.3. The maximum absolute atomic E-state index is 6.61. The van der Waals surface area contributed by atoms with Gasteiger partial charge in [0.1, 0.15) is 11.2 Å². The van der Waals surface area contributed by atoms with Crippen molar-refractivity contribution in [2.24, 2.45) is 0 Å². The molecule has 62 heavy (non-hydrogen) atoms. The second-order valence-corrected chi connectivity index (χ2v) is 16.0. The Balaban J connectivity index is 1.12. The highest BCUT2D eigenvalue weighted by Gasteiger charge is 2.46. The molecule has 2 aromatic heterocycles. The van der Waals surface area contributed by atoms with E-state index in [4.69, 9.17) is 14.4 Å². The number of nitrogens with zero attached hydrogens (tertiary/aromatic N) is 2. The number of benzene rings is 9. The lowest BCUT2D eigenvalue weighted by molar-refractivity contribution is 0.670. The van der Waals surface area contributed by atoms with Crippen molar-refractivity contribution in [1.29, 1.82) is 0 Å². The highest BCUT2D eigenvalue weighted by molar-refractivity contribution is 6.10. The number of para-hydroxylation sites is 2. The van der Waals surface area contributed by atoms with Crippen LogP contribution in [0.2, 0.25) is 0 Å². The van der Waals surface area contributed by atoms with Crippen molar-refractivity contribution in [3.05, 3.63) is 253 Å². The van der Waals surface area contributed by atoms with Crippen LogP contribution < -0.4 is 0 Å². The van der Waals surface area contributed by atoms with Crippen molar-refractivity contribution >= 4 is 21.9 Å². The number of rotatable bonds is 7. The second kappa shape index (κ2) is 14.5. The van der Waals surface area contributed by atoms with E-state index >= 15 is 0 Å². The third-order valence-electron chi connectivity index (χ3n) is 12.6. The van der Waals surface area contributed by atoms with Crippen LogP contribution in [0.15, 0.2) is 235 Å². The zero-order chi connectivity index (χ0) is 41.0. The molecule has 0 spiro atoms. The van der Waals surface area contributed by atoms with Gasteiger partial charge < -0.3 is 4.42 Å². The standard InChI is InChI=1S/C59H38N2O/c1-5-19-39(20-6-1)41-35-42(46-29-17-30-48-47-27-14-16-34-55(47)62-57(46)48)37-43(36-41)53-38-54(61-58(60-53)40-21-7-2-8-22-40)50-31-18-33-52-56(50)49-28-13-15-32-51(49)59(52,44-23-9-3-10-24-44)45-25-11-4-12-26-45/h1-38H. The Morgan fingerprint density at radius 3 is 1.63 bits per heavy atom. The summed E-state index contributed by atoms with van der Waals surface area (Å²) in [5, 5.41) is 2.21. The van der Waals surface area contributed by atoms with Crippen LogP contribution in [0.3, 0.4) is 0 Å². The van der Waals surface area contributed by atoms with E-state index in [0.717, 1.165) is 72.3 Å². The van der Waals surface area contributed by atoms with Crippen LogP contribution in [-0.2, 0) is 5.41 Å². The van der Waals surface area contributed by atoms with Crippen molar-refractivity contribution in [3.8, 4) is 67.3 Å². The summed E-state index contributed by atoms with van der Waals surface area (Å²) in [7, 11) is 0. The van der Waals surface area contributed by atoms with Gasteiger partial charge in [-0.05, 0) is 80.4 Å². The van der Waals surface area contributed by atoms with Gasteiger partial charge in [-0.3, -0.25) is 0 Å². The quantitative estimate of drug-likeness (QED) is 0.161. The van der Waals surface area contributed by atoms with E-state index in [9.17, 15) is 0 Å². The van der Waals surface area contributed by atoms with E-state index in [1.54, 1.807) is 0 Å². The molecule has 290 valence electrons. The van der Waals surface area contributed by atoms with E-state index in [2.05, 4.69) is 212 Å². The smallest absolute Gasteiger partial charge is 0.160 e. The molecule has 3 nitrogen and oxygen atoms in total. The first-order valence-electron chi connectivity index (χ1n) is 21.1. The molecule has 2 heterocycles. The monoisotopic (exact) mass is 790 g/mol. The summed E-state index contributed by atoms with van der Waals surface area (Å²) >= 11 is 0. The average molecular weight is 791 g/mol. The SMILES string of the molecule is c1ccc(-c2cc(-c3cc(-c4cccc5c4-c4ccccc4C5(c4ccccc4)c4ccccc4)nc(-c4ccccc4)n3)cc(-c3cccc4c3oc3ccccc34)c2)cc1. The molecule has 1 aliphatic carbocycles. The van der Waals surface area contributed by atoms with Crippen LogP contribution in [0.4, 0.5) is 0 Å². The Kier molecular flexibility index (Phi) is 8.39. The normalized spacial score (nSPS) is 12.6. The first kappa shape index (κ1) is 35.8. The van der Waals surface area contributed by atoms with E-state index in [-0.39, 0.29) is 0 Å². The largest absolute Gasteiger partial charge is 0.455 e. The van der Waals surface area contributed by atoms with Crippen LogP contribution in [0, 0.1) is 0 Å². The Morgan fingerprint density at radius 1 is 0.339 bits per heavy atom. The van der Waals surface area contributed by atoms with E-state index in [1.165, 1.54) is 33.4 Å². The molecule has 0 fully saturated rings. The fraction of sp³-hybridized carbons (Fsp3) is 0.0169. The van der Waals surface area contributed by atoms with Crippen molar-refractivity contribution in [1.82, 2.24) is 9.97 Å².